The van der Waals surface area contributed by atoms with Gasteiger partial charge in [-0.1, -0.05) is 89.4 Å². The number of carbonyl (C=O) groups is 1. The molecule has 2 aromatic carbocycles. The van der Waals surface area contributed by atoms with Gasteiger partial charge in [0.1, 0.15) is 6.17 Å². The second-order valence-corrected chi connectivity index (χ2v) is 10.5. The number of hydrogen-bond acceptors (Lipinski definition) is 3. The molecule has 1 aliphatic carbocycles. The van der Waals surface area contributed by atoms with Gasteiger partial charge in [0.25, 0.3) is 0 Å². The van der Waals surface area contributed by atoms with Gasteiger partial charge < -0.3 is 16.0 Å². The predicted molar refractivity (Wildman–Crippen MR) is 150 cm³/mol. The van der Waals surface area contributed by atoms with Gasteiger partial charge in [-0.3, -0.25) is 4.98 Å². The van der Waals surface area contributed by atoms with Crippen LogP contribution >= 0.6 is 0 Å². The minimum absolute atomic E-state index is 0.164. The largest absolute Gasteiger partial charge is 0.364 e. The van der Waals surface area contributed by atoms with Gasteiger partial charge >= 0.3 is 6.03 Å². The molecule has 4 rings (SSSR count). The number of amides is 2. The minimum atomic E-state index is -0.177. The summed E-state index contributed by atoms with van der Waals surface area (Å²) in [6.07, 6.45) is 7.49. The van der Waals surface area contributed by atoms with E-state index in [1.165, 1.54) is 30.4 Å². The molecule has 0 bridgehead atoms. The van der Waals surface area contributed by atoms with Gasteiger partial charge in [-0.2, -0.15) is 0 Å². The van der Waals surface area contributed by atoms with Crippen molar-refractivity contribution >= 4 is 17.4 Å². The van der Waals surface area contributed by atoms with Crippen LogP contribution < -0.4 is 16.0 Å². The Morgan fingerprint density at radius 1 is 0.833 bits per heavy atom. The Bertz CT molecular complexity index is 1110. The number of pyridine rings is 1. The zero-order chi connectivity index (χ0) is 25.5. The van der Waals surface area contributed by atoms with Crippen molar-refractivity contribution < 1.29 is 4.79 Å². The monoisotopic (exact) mass is 484 g/mol. The second kappa shape index (κ2) is 12.1. The summed E-state index contributed by atoms with van der Waals surface area (Å²) in [5.74, 6) is 0.999. The van der Waals surface area contributed by atoms with Crippen LogP contribution in [0, 0.1) is 5.92 Å². The molecule has 1 aromatic heterocycles. The van der Waals surface area contributed by atoms with Crippen LogP contribution in [0.15, 0.2) is 66.9 Å². The zero-order valence-electron chi connectivity index (χ0n) is 22.1. The lowest BCUT2D eigenvalue weighted by Crippen LogP contribution is -2.48. The number of benzene rings is 2. The standard InChI is InChI=1S/C31H40N4O/c1-21(2)24-16-12-17-25(22(3)4)29(24)34-31(36)35-30(23-13-6-5-7-14-23)33-28-19-9-8-15-26(28)27-18-10-11-20-32-27/h8-12,15-23,30,33H,5-7,13-14H2,1-4H3,(H2,34,35,36). The van der Waals surface area contributed by atoms with Crippen molar-refractivity contribution in [3.05, 3.63) is 78.0 Å². The smallest absolute Gasteiger partial charge is 0.320 e. The summed E-state index contributed by atoms with van der Waals surface area (Å²) in [5, 5.41) is 10.2. The van der Waals surface area contributed by atoms with Crippen LogP contribution in [0.5, 0.6) is 0 Å². The highest BCUT2D eigenvalue weighted by Gasteiger charge is 2.27. The highest BCUT2D eigenvalue weighted by Crippen LogP contribution is 2.33. The van der Waals surface area contributed by atoms with E-state index >= 15 is 0 Å². The van der Waals surface area contributed by atoms with Gasteiger partial charge in [0, 0.05) is 23.1 Å². The number of nitrogens with zero attached hydrogens (tertiary/aromatic N) is 1. The molecule has 1 atom stereocenters. The maximum absolute atomic E-state index is 13.5. The number of carbonyl (C=O) groups excluding carboxylic acids is 1. The third-order valence-corrected chi connectivity index (χ3v) is 7.20. The van der Waals surface area contributed by atoms with E-state index < -0.39 is 0 Å². The number of para-hydroxylation sites is 2. The third-order valence-electron chi connectivity index (χ3n) is 7.20. The summed E-state index contributed by atoms with van der Waals surface area (Å²) in [6, 6.07) is 20.3. The fourth-order valence-electron chi connectivity index (χ4n) is 5.25. The molecule has 1 fully saturated rings. The van der Waals surface area contributed by atoms with Crippen LogP contribution in [0.3, 0.4) is 0 Å². The van der Waals surface area contributed by atoms with Crippen molar-refractivity contribution in [2.24, 2.45) is 5.92 Å². The van der Waals surface area contributed by atoms with Gasteiger partial charge in [0.05, 0.1) is 5.69 Å². The number of anilines is 2. The van der Waals surface area contributed by atoms with Crippen LogP contribution in [0.2, 0.25) is 0 Å². The van der Waals surface area contributed by atoms with Crippen LogP contribution in [0.25, 0.3) is 11.3 Å². The van der Waals surface area contributed by atoms with Crippen molar-refractivity contribution in [3.63, 3.8) is 0 Å². The lowest BCUT2D eigenvalue weighted by molar-refractivity contribution is 0.237. The molecular formula is C31H40N4O. The summed E-state index contributed by atoms with van der Waals surface area (Å²) in [4.78, 5) is 18.0. The van der Waals surface area contributed by atoms with E-state index in [1.807, 2.05) is 36.5 Å². The average molecular weight is 485 g/mol. The first kappa shape index (κ1) is 25.7. The quantitative estimate of drug-likeness (QED) is 0.283. The molecule has 1 aliphatic rings. The molecule has 5 heteroatoms. The van der Waals surface area contributed by atoms with Crippen LogP contribution in [-0.2, 0) is 0 Å². The molecule has 0 aliphatic heterocycles. The zero-order valence-corrected chi connectivity index (χ0v) is 22.1. The van der Waals surface area contributed by atoms with Crippen molar-refractivity contribution in [2.45, 2.75) is 77.8 Å². The van der Waals surface area contributed by atoms with Gasteiger partial charge in [0.2, 0.25) is 0 Å². The SMILES string of the molecule is CC(C)c1cccc(C(C)C)c1NC(=O)NC(Nc1ccccc1-c1ccccn1)C1CCCCC1. The van der Waals surface area contributed by atoms with Crippen molar-refractivity contribution in [3.8, 4) is 11.3 Å². The molecule has 1 saturated carbocycles. The maximum atomic E-state index is 13.5. The summed E-state index contributed by atoms with van der Waals surface area (Å²) in [6.45, 7) is 8.68. The lowest BCUT2D eigenvalue weighted by atomic mass is 9.86. The van der Waals surface area contributed by atoms with E-state index in [0.29, 0.717) is 17.8 Å². The van der Waals surface area contributed by atoms with Crippen molar-refractivity contribution in [1.82, 2.24) is 10.3 Å². The first-order valence-electron chi connectivity index (χ1n) is 13.4. The van der Waals surface area contributed by atoms with E-state index in [1.54, 1.807) is 0 Å². The van der Waals surface area contributed by atoms with E-state index in [-0.39, 0.29) is 12.2 Å². The first-order chi connectivity index (χ1) is 17.4. The summed E-state index contributed by atoms with van der Waals surface area (Å²) in [7, 11) is 0. The minimum Gasteiger partial charge on any atom is -0.364 e. The number of nitrogens with one attached hydrogen (secondary N) is 3. The third kappa shape index (κ3) is 6.26. The lowest BCUT2D eigenvalue weighted by Gasteiger charge is -2.33. The molecular weight excluding hydrogens is 444 g/mol. The summed E-state index contributed by atoms with van der Waals surface area (Å²) in [5.41, 5.74) is 6.21. The maximum Gasteiger partial charge on any atom is 0.320 e. The highest BCUT2D eigenvalue weighted by atomic mass is 16.2. The summed E-state index contributed by atoms with van der Waals surface area (Å²) < 4.78 is 0. The molecule has 1 unspecified atom stereocenters. The van der Waals surface area contributed by atoms with E-state index in [4.69, 9.17) is 0 Å². The summed E-state index contributed by atoms with van der Waals surface area (Å²) >= 11 is 0. The topological polar surface area (TPSA) is 66.1 Å². The van der Waals surface area contributed by atoms with Gasteiger partial charge in [-0.15, -0.1) is 0 Å². The number of urea groups is 1. The Kier molecular flexibility index (Phi) is 8.63. The van der Waals surface area contributed by atoms with Crippen molar-refractivity contribution in [2.75, 3.05) is 10.6 Å². The molecule has 1 heterocycles. The van der Waals surface area contributed by atoms with Gasteiger partial charge in [-0.05, 0) is 59.9 Å². The number of hydrogen-bond donors (Lipinski definition) is 3. The van der Waals surface area contributed by atoms with Crippen LogP contribution in [-0.4, -0.2) is 17.2 Å². The molecule has 3 N–H and O–H groups in total. The van der Waals surface area contributed by atoms with Gasteiger partial charge in [-0.25, -0.2) is 4.79 Å². The predicted octanol–water partition coefficient (Wildman–Crippen LogP) is 8.14. The Balaban J connectivity index is 1.60. The second-order valence-electron chi connectivity index (χ2n) is 10.5. The van der Waals surface area contributed by atoms with E-state index in [9.17, 15) is 4.79 Å². The molecule has 0 spiro atoms. The number of rotatable bonds is 8. The Hall–Kier alpha value is -3.34. The van der Waals surface area contributed by atoms with Crippen molar-refractivity contribution in [1.29, 1.82) is 0 Å². The first-order valence-corrected chi connectivity index (χ1v) is 13.4. The highest BCUT2D eigenvalue weighted by molar-refractivity contribution is 5.92. The van der Waals surface area contributed by atoms with E-state index in [2.05, 4.69) is 79.0 Å². The Labute approximate surface area is 216 Å². The Morgan fingerprint density at radius 3 is 2.14 bits per heavy atom. The molecule has 36 heavy (non-hydrogen) atoms. The molecule has 190 valence electrons. The number of aromatic nitrogens is 1. The van der Waals surface area contributed by atoms with Gasteiger partial charge in [0.15, 0.2) is 0 Å². The van der Waals surface area contributed by atoms with Crippen LogP contribution in [0.4, 0.5) is 16.2 Å². The fraction of sp³-hybridized carbons (Fsp3) is 0.419. The molecule has 2 amide bonds. The molecule has 0 saturated heterocycles. The average Bonchev–Trinajstić information content (AvgIpc) is 2.89. The van der Waals surface area contributed by atoms with Crippen LogP contribution in [0.1, 0.15) is 82.8 Å². The molecule has 0 radical (unpaired) electrons. The Morgan fingerprint density at radius 2 is 1.50 bits per heavy atom. The molecule has 5 nitrogen and oxygen atoms in total. The normalized spacial score (nSPS) is 15.1. The van der Waals surface area contributed by atoms with E-state index in [0.717, 1.165) is 35.5 Å². The fourth-order valence-corrected chi connectivity index (χ4v) is 5.25. The molecule has 3 aromatic rings.